The first kappa shape index (κ1) is 27.6. The molecule has 3 rings (SSSR count). The molecular weight excluding hydrogens is 498 g/mol. The lowest BCUT2D eigenvalue weighted by atomic mass is 10.0. The molecule has 0 aliphatic heterocycles. The highest BCUT2D eigenvalue weighted by molar-refractivity contribution is 6.32. The Hall–Kier alpha value is -3.94. The van der Waals surface area contributed by atoms with Crippen molar-refractivity contribution in [2.24, 2.45) is 5.92 Å². The smallest absolute Gasteiger partial charge is 0.331 e. The number of aliphatic hydroxyl groups is 1. The number of nitrogens with zero attached hydrogens (tertiary/aromatic N) is 3. The van der Waals surface area contributed by atoms with Gasteiger partial charge in [-0.1, -0.05) is 18.5 Å². The maximum atomic E-state index is 12.9. The summed E-state index contributed by atoms with van der Waals surface area (Å²) in [6.45, 7) is 3.82. The van der Waals surface area contributed by atoms with Crippen LogP contribution in [0, 0.1) is 17.2 Å². The lowest BCUT2D eigenvalue weighted by molar-refractivity contribution is -0.118. The molecule has 0 radical (unpaired) electrons. The van der Waals surface area contributed by atoms with Crippen LogP contribution in [0.5, 0.6) is 0 Å². The van der Waals surface area contributed by atoms with E-state index in [1.165, 1.54) is 22.8 Å². The normalized spacial score (nSPS) is 11.6. The van der Waals surface area contributed by atoms with E-state index in [1.807, 2.05) is 6.07 Å². The zero-order valence-electron chi connectivity index (χ0n) is 20.6. The number of halogens is 1. The van der Waals surface area contributed by atoms with Crippen molar-refractivity contribution in [1.82, 2.24) is 9.13 Å². The Balaban J connectivity index is 1.68. The number of carbonyl (C=O) groups excluding carboxylic acids is 2. The predicted molar refractivity (Wildman–Crippen MR) is 142 cm³/mol. The first-order chi connectivity index (χ1) is 17.7. The van der Waals surface area contributed by atoms with Gasteiger partial charge in [-0.25, -0.2) is 4.79 Å². The third kappa shape index (κ3) is 6.64. The summed E-state index contributed by atoms with van der Waals surface area (Å²) in [5.41, 5.74) is 0.692. The lowest BCUT2D eigenvalue weighted by Gasteiger charge is -2.15. The topological polar surface area (TPSA) is 146 Å². The van der Waals surface area contributed by atoms with Gasteiger partial charge in [0.05, 0.1) is 21.5 Å². The lowest BCUT2D eigenvalue weighted by Crippen LogP contribution is -2.39. The van der Waals surface area contributed by atoms with E-state index in [2.05, 4.69) is 10.6 Å². The highest BCUT2D eigenvalue weighted by Crippen LogP contribution is 2.21. The Morgan fingerprint density at radius 2 is 1.68 bits per heavy atom. The van der Waals surface area contributed by atoms with Gasteiger partial charge in [-0.15, -0.1) is 0 Å². The average molecular weight is 526 g/mol. The number of aryl methyl sites for hydroxylation is 1. The largest absolute Gasteiger partial charge is 0.396 e. The minimum Gasteiger partial charge on any atom is -0.396 e. The van der Waals surface area contributed by atoms with E-state index in [1.54, 1.807) is 32.0 Å². The van der Waals surface area contributed by atoms with Crippen molar-refractivity contribution in [2.75, 3.05) is 17.2 Å². The number of carbonyl (C=O) groups is 2. The monoisotopic (exact) mass is 525 g/mol. The van der Waals surface area contributed by atoms with E-state index in [9.17, 15) is 24.3 Å². The number of aromatic nitrogens is 2. The van der Waals surface area contributed by atoms with Gasteiger partial charge in [-0.2, -0.15) is 5.26 Å². The fourth-order valence-corrected chi connectivity index (χ4v) is 4.26. The number of hydrogen-bond donors (Lipinski definition) is 3. The first-order valence-corrected chi connectivity index (χ1v) is 12.2. The molecule has 194 valence electrons. The minimum absolute atomic E-state index is 0.0643. The zero-order chi connectivity index (χ0) is 27.1. The summed E-state index contributed by atoms with van der Waals surface area (Å²) in [5, 5.41) is 24.1. The number of benzene rings is 2. The van der Waals surface area contributed by atoms with E-state index < -0.39 is 11.2 Å². The Morgan fingerprint density at radius 3 is 2.24 bits per heavy atom. The molecule has 11 heteroatoms. The molecule has 3 aromatic rings. The zero-order valence-corrected chi connectivity index (χ0v) is 21.3. The molecule has 0 aliphatic rings. The van der Waals surface area contributed by atoms with Gasteiger partial charge in [-0.05, 0) is 55.7 Å². The van der Waals surface area contributed by atoms with Crippen LogP contribution in [0.3, 0.4) is 0 Å². The molecule has 1 atom stereocenters. The summed E-state index contributed by atoms with van der Waals surface area (Å²) in [4.78, 5) is 50.6. The fraction of sp³-hybridized carbons (Fsp3) is 0.346. The summed E-state index contributed by atoms with van der Waals surface area (Å²) in [6, 6.07) is 11.3. The van der Waals surface area contributed by atoms with Gasteiger partial charge in [0.15, 0.2) is 0 Å². The van der Waals surface area contributed by atoms with Crippen molar-refractivity contribution in [2.45, 2.75) is 46.2 Å². The number of nitrogens with one attached hydrogen (secondary N) is 2. The number of rotatable bonds is 10. The van der Waals surface area contributed by atoms with Crippen LogP contribution in [0.15, 0.2) is 46.0 Å². The Labute approximate surface area is 218 Å². The van der Waals surface area contributed by atoms with Crippen LogP contribution in [0.25, 0.3) is 10.9 Å². The second-order valence-corrected chi connectivity index (χ2v) is 9.12. The predicted octanol–water partition coefficient (Wildman–Crippen LogP) is 3.08. The number of nitriles is 1. The van der Waals surface area contributed by atoms with Gasteiger partial charge < -0.3 is 15.7 Å². The Kier molecular flexibility index (Phi) is 9.22. The van der Waals surface area contributed by atoms with Crippen LogP contribution >= 0.6 is 11.6 Å². The molecule has 0 aliphatic carbocycles. The molecule has 10 nitrogen and oxygen atoms in total. The second-order valence-electron chi connectivity index (χ2n) is 8.71. The van der Waals surface area contributed by atoms with Crippen LogP contribution in [-0.4, -0.2) is 32.7 Å². The van der Waals surface area contributed by atoms with Crippen LogP contribution in [-0.2, 0) is 22.7 Å². The summed E-state index contributed by atoms with van der Waals surface area (Å²) < 4.78 is 2.57. The van der Waals surface area contributed by atoms with Gasteiger partial charge in [0.25, 0.3) is 5.56 Å². The van der Waals surface area contributed by atoms with Crippen molar-refractivity contribution < 1.29 is 14.7 Å². The average Bonchev–Trinajstić information content (AvgIpc) is 2.84. The Bertz CT molecular complexity index is 1490. The molecule has 0 fully saturated rings. The molecule has 0 saturated carbocycles. The summed E-state index contributed by atoms with van der Waals surface area (Å²) >= 11 is 5.99. The molecular formula is C26H28ClN5O5. The SMILES string of the molecule is CCn1c(=O)c2cc(NC(=O)CC(C)CC(=O)Nc3ccc(C#N)c(Cl)c3)ccc2n(CCCO)c1=O. The van der Waals surface area contributed by atoms with Crippen molar-refractivity contribution >= 4 is 45.7 Å². The third-order valence-corrected chi connectivity index (χ3v) is 6.12. The number of anilines is 2. The van der Waals surface area contributed by atoms with Crippen molar-refractivity contribution in [3.63, 3.8) is 0 Å². The van der Waals surface area contributed by atoms with Gasteiger partial charge in [0.1, 0.15) is 6.07 Å². The number of aliphatic hydroxyl groups excluding tert-OH is 1. The van der Waals surface area contributed by atoms with E-state index >= 15 is 0 Å². The second kappa shape index (κ2) is 12.3. The molecule has 1 unspecified atom stereocenters. The van der Waals surface area contributed by atoms with Crippen LogP contribution < -0.4 is 21.9 Å². The third-order valence-electron chi connectivity index (χ3n) is 5.81. The standard InChI is InChI=1S/C26H28ClN5O5/c1-3-31-25(36)20-13-18(7-8-22(20)32(26(31)37)9-4-10-33)29-23(34)11-16(2)12-24(35)30-19-6-5-17(15-28)21(27)14-19/h5-8,13-14,16,33H,3-4,9-12H2,1-2H3,(H,29,34)(H,30,35). The molecule has 2 aromatic carbocycles. The van der Waals surface area contributed by atoms with Crippen molar-refractivity contribution in [3.8, 4) is 6.07 Å². The van der Waals surface area contributed by atoms with Crippen molar-refractivity contribution in [1.29, 1.82) is 5.26 Å². The van der Waals surface area contributed by atoms with E-state index in [0.29, 0.717) is 28.9 Å². The molecule has 3 N–H and O–H groups in total. The number of amides is 2. The van der Waals surface area contributed by atoms with Crippen LogP contribution in [0.1, 0.15) is 38.7 Å². The van der Waals surface area contributed by atoms with Gasteiger partial charge >= 0.3 is 5.69 Å². The van der Waals surface area contributed by atoms with Crippen molar-refractivity contribution in [3.05, 3.63) is 67.8 Å². The molecule has 0 bridgehead atoms. The molecule has 37 heavy (non-hydrogen) atoms. The quantitative estimate of drug-likeness (QED) is 0.370. The molecule has 1 heterocycles. The van der Waals surface area contributed by atoms with Gasteiger partial charge in [0.2, 0.25) is 11.8 Å². The van der Waals surface area contributed by atoms with E-state index in [4.69, 9.17) is 16.9 Å². The summed E-state index contributed by atoms with van der Waals surface area (Å²) in [7, 11) is 0. The Morgan fingerprint density at radius 1 is 1.05 bits per heavy atom. The maximum Gasteiger partial charge on any atom is 0.331 e. The molecule has 2 amide bonds. The van der Waals surface area contributed by atoms with E-state index in [-0.39, 0.29) is 60.7 Å². The van der Waals surface area contributed by atoms with Gasteiger partial charge in [-0.3, -0.25) is 23.5 Å². The highest BCUT2D eigenvalue weighted by atomic mass is 35.5. The molecule has 0 saturated heterocycles. The van der Waals surface area contributed by atoms with Gasteiger partial charge in [0, 0.05) is 43.9 Å². The molecule has 1 aromatic heterocycles. The number of hydrogen-bond acceptors (Lipinski definition) is 6. The summed E-state index contributed by atoms with van der Waals surface area (Å²) in [5.74, 6) is -0.909. The summed E-state index contributed by atoms with van der Waals surface area (Å²) in [6.07, 6.45) is 0.509. The fourth-order valence-electron chi connectivity index (χ4n) is 4.04. The molecule has 0 spiro atoms. The van der Waals surface area contributed by atoms with E-state index in [0.717, 1.165) is 4.57 Å². The van der Waals surface area contributed by atoms with Crippen LogP contribution in [0.4, 0.5) is 11.4 Å². The first-order valence-electron chi connectivity index (χ1n) is 11.9. The highest BCUT2D eigenvalue weighted by Gasteiger charge is 2.16. The van der Waals surface area contributed by atoms with Crippen LogP contribution in [0.2, 0.25) is 5.02 Å². The number of fused-ring (bicyclic) bond motifs is 1. The minimum atomic E-state index is -0.452. The maximum absolute atomic E-state index is 12.9.